The molecule has 0 saturated carbocycles. The fraction of sp³-hybridized carbons (Fsp3) is 0.267. The molecule has 2 rings (SSSR count). The zero-order valence-electron chi connectivity index (χ0n) is 11.8. The number of esters is 1. The second-order valence-corrected chi connectivity index (χ2v) is 4.95. The molecule has 0 atom stereocenters. The minimum atomic E-state index is -0.598. The summed E-state index contributed by atoms with van der Waals surface area (Å²) in [6, 6.07) is 6.55. The highest BCUT2D eigenvalue weighted by Gasteiger charge is 2.35. The van der Waals surface area contributed by atoms with Gasteiger partial charge in [-0.25, -0.2) is 4.79 Å². The second kappa shape index (κ2) is 5.78. The van der Waals surface area contributed by atoms with Crippen molar-refractivity contribution in [3.05, 3.63) is 47.2 Å². The first-order valence-corrected chi connectivity index (χ1v) is 6.52. The Morgan fingerprint density at radius 1 is 1.24 bits per heavy atom. The van der Waals surface area contributed by atoms with Gasteiger partial charge in [0.2, 0.25) is 0 Å². The summed E-state index contributed by atoms with van der Waals surface area (Å²) in [4.78, 5) is 36.7. The summed E-state index contributed by atoms with van der Waals surface area (Å²) in [6.07, 6.45) is 0.824. The number of carbonyl (C=O) groups excluding carboxylic acids is 3. The first-order valence-electron chi connectivity index (χ1n) is 6.52. The normalized spacial score (nSPS) is 14.6. The predicted octanol–water partition coefficient (Wildman–Crippen LogP) is 1.08. The molecule has 0 spiro atoms. The molecule has 1 aromatic carbocycles. The van der Waals surface area contributed by atoms with Gasteiger partial charge in [0.25, 0.3) is 11.8 Å². The highest BCUT2D eigenvalue weighted by atomic mass is 16.5. The van der Waals surface area contributed by atoms with Gasteiger partial charge in [-0.1, -0.05) is 12.1 Å². The van der Waals surface area contributed by atoms with Crippen molar-refractivity contribution < 1.29 is 19.1 Å². The molecule has 0 fully saturated rings. The van der Waals surface area contributed by atoms with Crippen LogP contribution < -0.4 is 5.73 Å². The molecule has 1 aliphatic heterocycles. The lowest BCUT2D eigenvalue weighted by molar-refractivity contribution is -0.141. The Morgan fingerprint density at radius 3 is 2.24 bits per heavy atom. The van der Waals surface area contributed by atoms with Crippen LogP contribution in [-0.4, -0.2) is 35.3 Å². The molecular weight excluding hydrogens is 272 g/mol. The Balaban J connectivity index is 2.11. The summed E-state index contributed by atoms with van der Waals surface area (Å²) in [5, 5.41) is 0. The average molecular weight is 288 g/mol. The zero-order chi connectivity index (χ0) is 15.6. The molecule has 0 saturated heterocycles. The van der Waals surface area contributed by atoms with E-state index in [1.54, 1.807) is 38.1 Å². The lowest BCUT2D eigenvalue weighted by Crippen LogP contribution is -2.33. The number of rotatable bonds is 4. The van der Waals surface area contributed by atoms with Gasteiger partial charge in [-0.2, -0.15) is 0 Å². The lowest BCUT2D eigenvalue weighted by Gasteiger charge is -2.14. The number of nitrogens with two attached hydrogens (primary N) is 1. The Kier molecular flexibility index (Phi) is 4.07. The topological polar surface area (TPSA) is 89.7 Å². The van der Waals surface area contributed by atoms with Crippen LogP contribution in [0.1, 0.15) is 34.6 Å². The van der Waals surface area contributed by atoms with Crippen LogP contribution in [-0.2, 0) is 9.53 Å². The summed E-state index contributed by atoms with van der Waals surface area (Å²) >= 11 is 0. The maximum atomic E-state index is 12.1. The fourth-order valence-corrected chi connectivity index (χ4v) is 2.03. The maximum Gasteiger partial charge on any atom is 0.332 e. The molecule has 6 heteroatoms. The van der Waals surface area contributed by atoms with E-state index in [9.17, 15) is 14.4 Å². The van der Waals surface area contributed by atoms with Crippen LogP contribution in [0.2, 0.25) is 0 Å². The highest BCUT2D eigenvalue weighted by Crippen LogP contribution is 2.22. The van der Waals surface area contributed by atoms with Crippen LogP contribution in [0.5, 0.6) is 0 Å². The van der Waals surface area contributed by atoms with Gasteiger partial charge in [0.1, 0.15) is 0 Å². The predicted molar refractivity (Wildman–Crippen MR) is 75.3 cm³/mol. The quantitative estimate of drug-likeness (QED) is 0.508. The van der Waals surface area contributed by atoms with E-state index in [-0.39, 0.29) is 18.3 Å². The van der Waals surface area contributed by atoms with E-state index in [0.717, 1.165) is 11.0 Å². The van der Waals surface area contributed by atoms with Crippen molar-refractivity contribution >= 4 is 17.8 Å². The molecule has 6 nitrogen and oxygen atoms in total. The SMILES string of the molecule is CC(C)OC(=O)/C=C(\N)CN1C(=O)c2ccccc2C1=O. The van der Waals surface area contributed by atoms with Crippen LogP contribution in [0, 0.1) is 0 Å². The minimum absolute atomic E-state index is 0.0927. The number of ether oxygens (including phenoxy) is 1. The summed E-state index contributed by atoms with van der Waals surface area (Å²) < 4.78 is 4.92. The molecule has 2 amide bonds. The van der Waals surface area contributed by atoms with Gasteiger partial charge < -0.3 is 10.5 Å². The van der Waals surface area contributed by atoms with E-state index < -0.39 is 17.8 Å². The number of hydrogen-bond donors (Lipinski definition) is 1. The number of imide groups is 1. The van der Waals surface area contributed by atoms with Gasteiger partial charge >= 0.3 is 5.97 Å². The maximum absolute atomic E-state index is 12.1. The first-order chi connectivity index (χ1) is 9.90. The summed E-state index contributed by atoms with van der Waals surface area (Å²) in [5.74, 6) is -1.42. The molecule has 110 valence electrons. The number of benzene rings is 1. The van der Waals surface area contributed by atoms with E-state index in [1.807, 2.05) is 0 Å². The summed E-state index contributed by atoms with van der Waals surface area (Å²) in [5.41, 5.74) is 6.49. The Bertz CT molecular complexity index is 599. The molecule has 1 heterocycles. The van der Waals surface area contributed by atoms with Crippen molar-refractivity contribution in [2.45, 2.75) is 20.0 Å². The molecule has 0 unspecified atom stereocenters. The van der Waals surface area contributed by atoms with Crippen LogP contribution in [0.3, 0.4) is 0 Å². The Hall–Kier alpha value is -2.63. The van der Waals surface area contributed by atoms with Crippen LogP contribution in [0.15, 0.2) is 36.0 Å². The molecule has 0 aromatic heterocycles. The van der Waals surface area contributed by atoms with E-state index in [2.05, 4.69) is 0 Å². The number of nitrogens with zero attached hydrogens (tertiary/aromatic N) is 1. The fourth-order valence-electron chi connectivity index (χ4n) is 2.03. The van der Waals surface area contributed by atoms with Crippen molar-refractivity contribution in [3.63, 3.8) is 0 Å². The smallest absolute Gasteiger partial charge is 0.332 e. The molecule has 1 aromatic rings. The third-order valence-corrected chi connectivity index (χ3v) is 2.87. The monoisotopic (exact) mass is 288 g/mol. The van der Waals surface area contributed by atoms with Crippen molar-refractivity contribution in [2.24, 2.45) is 5.73 Å². The van der Waals surface area contributed by atoms with Crippen LogP contribution >= 0.6 is 0 Å². The lowest BCUT2D eigenvalue weighted by atomic mass is 10.1. The van der Waals surface area contributed by atoms with Crippen LogP contribution in [0.4, 0.5) is 0 Å². The standard InChI is InChI=1S/C15H16N2O4/c1-9(2)21-13(18)7-10(16)8-17-14(19)11-5-3-4-6-12(11)15(17)20/h3-7,9H,8,16H2,1-2H3/b10-7-. The molecule has 1 aliphatic rings. The highest BCUT2D eigenvalue weighted by molar-refractivity contribution is 6.21. The van der Waals surface area contributed by atoms with E-state index >= 15 is 0 Å². The molecule has 0 aliphatic carbocycles. The van der Waals surface area contributed by atoms with Crippen molar-refractivity contribution in [1.29, 1.82) is 0 Å². The largest absolute Gasteiger partial charge is 0.460 e. The zero-order valence-corrected chi connectivity index (χ0v) is 11.8. The van der Waals surface area contributed by atoms with Crippen molar-refractivity contribution in [1.82, 2.24) is 4.90 Å². The van der Waals surface area contributed by atoms with Gasteiger partial charge in [0, 0.05) is 11.8 Å². The number of fused-ring (bicyclic) bond motifs is 1. The minimum Gasteiger partial charge on any atom is -0.460 e. The van der Waals surface area contributed by atoms with Gasteiger partial charge in [-0.05, 0) is 26.0 Å². The number of hydrogen-bond acceptors (Lipinski definition) is 5. The second-order valence-electron chi connectivity index (χ2n) is 4.95. The number of amides is 2. The molecular formula is C15H16N2O4. The van der Waals surface area contributed by atoms with Gasteiger partial charge in [-0.3, -0.25) is 14.5 Å². The molecule has 0 bridgehead atoms. The third kappa shape index (κ3) is 3.10. The van der Waals surface area contributed by atoms with Gasteiger partial charge in [0.15, 0.2) is 0 Å². The Morgan fingerprint density at radius 2 is 1.76 bits per heavy atom. The third-order valence-electron chi connectivity index (χ3n) is 2.87. The van der Waals surface area contributed by atoms with Crippen LogP contribution in [0.25, 0.3) is 0 Å². The molecule has 0 radical (unpaired) electrons. The van der Waals surface area contributed by atoms with E-state index in [0.29, 0.717) is 11.1 Å². The van der Waals surface area contributed by atoms with E-state index in [1.165, 1.54) is 0 Å². The van der Waals surface area contributed by atoms with Crippen molar-refractivity contribution in [2.75, 3.05) is 6.54 Å². The summed E-state index contributed by atoms with van der Waals surface area (Å²) in [6.45, 7) is 3.29. The average Bonchev–Trinajstić information content (AvgIpc) is 2.63. The van der Waals surface area contributed by atoms with E-state index in [4.69, 9.17) is 10.5 Å². The Labute approximate surface area is 122 Å². The van der Waals surface area contributed by atoms with Gasteiger partial charge in [0.05, 0.1) is 23.8 Å². The molecule has 2 N–H and O–H groups in total. The number of carbonyl (C=O) groups is 3. The van der Waals surface area contributed by atoms with Gasteiger partial charge in [-0.15, -0.1) is 0 Å². The van der Waals surface area contributed by atoms with Crippen molar-refractivity contribution in [3.8, 4) is 0 Å². The summed E-state index contributed by atoms with van der Waals surface area (Å²) in [7, 11) is 0. The molecule has 21 heavy (non-hydrogen) atoms. The first kappa shape index (κ1) is 14.8.